The number of fused-ring (bicyclic) bond motifs is 2. The molecular formula is C30H36N2O4. The first-order chi connectivity index (χ1) is 16.9. The second kappa shape index (κ2) is 8.53. The summed E-state index contributed by atoms with van der Waals surface area (Å²) in [6.07, 6.45) is 2.58. The number of Topliss-reactive ketones (excluding diaryl/α,β-unsaturated/α-hetero) is 2. The van der Waals surface area contributed by atoms with Crippen molar-refractivity contribution in [3.8, 4) is 0 Å². The number of ketones is 2. The zero-order valence-electron chi connectivity index (χ0n) is 21.9. The van der Waals surface area contributed by atoms with Gasteiger partial charge in [-0.15, -0.1) is 0 Å². The van der Waals surface area contributed by atoms with Gasteiger partial charge in [0.15, 0.2) is 0 Å². The molecule has 1 heterocycles. The Bertz CT molecular complexity index is 1170. The van der Waals surface area contributed by atoms with Crippen molar-refractivity contribution < 1.29 is 14.5 Å². The van der Waals surface area contributed by atoms with E-state index in [0.29, 0.717) is 12.8 Å². The van der Waals surface area contributed by atoms with Crippen LogP contribution in [0.2, 0.25) is 0 Å². The zero-order chi connectivity index (χ0) is 26.0. The molecule has 4 atom stereocenters. The predicted octanol–water partition coefficient (Wildman–Crippen LogP) is 6.25. The van der Waals surface area contributed by atoms with Crippen LogP contribution in [0.4, 0.5) is 11.4 Å². The molecule has 2 saturated carbocycles. The Hall–Kier alpha value is -3.02. The average molecular weight is 489 g/mol. The summed E-state index contributed by atoms with van der Waals surface area (Å²) in [6.45, 7) is 10.7. The molecule has 5 rings (SSSR count). The van der Waals surface area contributed by atoms with Gasteiger partial charge in [-0.2, -0.15) is 0 Å². The third-order valence-corrected chi connectivity index (χ3v) is 8.69. The lowest BCUT2D eigenvalue weighted by molar-refractivity contribution is -0.385. The fraction of sp³-hybridized carbons (Fsp3) is 0.533. The number of nitro benzene ring substituents is 1. The van der Waals surface area contributed by atoms with Crippen molar-refractivity contribution in [2.24, 2.45) is 22.7 Å². The first-order valence-electron chi connectivity index (χ1n) is 13.0. The molecule has 190 valence electrons. The molecule has 1 aliphatic heterocycles. The van der Waals surface area contributed by atoms with E-state index in [4.69, 9.17) is 0 Å². The monoisotopic (exact) mass is 488 g/mol. The van der Waals surface area contributed by atoms with E-state index in [1.165, 1.54) is 11.6 Å². The molecule has 6 nitrogen and oxygen atoms in total. The summed E-state index contributed by atoms with van der Waals surface area (Å²) in [6, 6.07) is 14.9. The van der Waals surface area contributed by atoms with Crippen LogP contribution in [-0.4, -0.2) is 28.6 Å². The lowest BCUT2D eigenvalue weighted by atomic mass is 9.53. The minimum atomic E-state index is -0.391. The number of hydrogen-bond donors (Lipinski definition) is 0. The van der Waals surface area contributed by atoms with Crippen molar-refractivity contribution in [1.82, 2.24) is 0 Å². The van der Waals surface area contributed by atoms with Crippen molar-refractivity contribution in [2.45, 2.75) is 78.3 Å². The van der Waals surface area contributed by atoms with Gasteiger partial charge in [-0.05, 0) is 48.3 Å². The topological polar surface area (TPSA) is 80.5 Å². The quantitative estimate of drug-likeness (QED) is 0.377. The van der Waals surface area contributed by atoms with Gasteiger partial charge in [-0.3, -0.25) is 19.7 Å². The highest BCUT2D eigenvalue weighted by molar-refractivity contribution is 5.91. The number of hydrogen-bond acceptors (Lipinski definition) is 5. The van der Waals surface area contributed by atoms with E-state index < -0.39 is 4.92 Å². The van der Waals surface area contributed by atoms with E-state index in [1.54, 1.807) is 12.1 Å². The van der Waals surface area contributed by atoms with E-state index in [9.17, 15) is 19.7 Å². The molecule has 1 saturated heterocycles. The summed E-state index contributed by atoms with van der Waals surface area (Å²) in [5.74, 6) is -0.781. The van der Waals surface area contributed by atoms with Gasteiger partial charge in [-0.1, -0.05) is 57.5 Å². The zero-order valence-corrected chi connectivity index (χ0v) is 21.9. The highest BCUT2D eigenvalue weighted by Gasteiger charge is 2.59. The van der Waals surface area contributed by atoms with Crippen molar-refractivity contribution in [1.29, 1.82) is 0 Å². The average Bonchev–Trinajstić information content (AvgIpc) is 2.77. The van der Waals surface area contributed by atoms with Crippen molar-refractivity contribution in [3.05, 3.63) is 69.8 Å². The van der Waals surface area contributed by atoms with E-state index in [1.807, 2.05) is 6.07 Å². The third-order valence-electron chi connectivity index (χ3n) is 8.69. The number of aryl methyl sites for hydroxylation is 1. The van der Waals surface area contributed by atoms with E-state index >= 15 is 0 Å². The minimum absolute atomic E-state index is 0.00809. The molecule has 0 aromatic heterocycles. The van der Waals surface area contributed by atoms with Gasteiger partial charge in [-0.25, -0.2) is 0 Å². The SMILES string of the molecule is Cc1ccc(N2C3CC(C)(C)CC(=O)C3C(c3cccc([N+](=O)[O-])c3)C3C(=O)CC(C)(C)CC32)cc1. The fourth-order valence-corrected chi connectivity index (χ4v) is 7.39. The largest absolute Gasteiger partial charge is 0.364 e. The number of carbonyl (C=O) groups is 2. The summed E-state index contributed by atoms with van der Waals surface area (Å²) < 4.78 is 0. The maximum Gasteiger partial charge on any atom is 0.269 e. The smallest absolute Gasteiger partial charge is 0.269 e. The predicted molar refractivity (Wildman–Crippen MR) is 140 cm³/mol. The molecule has 2 aromatic rings. The molecule has 0 radical (unpaired) electrons. The summed E-state index contributed by atoms with van der Waals surface area (Å²) in [5, 5.41) is 11.6. The first kappa shape index (κ1) is 24.7. The molecule has 3 fully saturated rings. The Kier molecular flexibility index (Phi) is 5.85. The Balaban J connectivity index is 1.73. The van der Waals surface area contributed by atoms with Crippen LogP contribution in [0.25, 0.3) is 0 Å². The van der Waals surface area contributed by atoms with Crippen LogP contribution < -0.4 is 4.90 Å². The fourth-order valence-electron chi connectivity index (χ4n) is 7.39. The van der Waals surface area contributed by atoms with Gasteiger partial charge >= 0.3 is 0 Å². The van der Waals surface area contributed by atoms with Gasteiger partial charge in [0, 0.05) is 60.5 Å². The molecular weight excluding hydrogens is 452 g/mol. The van der Waals surface area contributed by atoms with Crippen LogP contribution in [0.15, 0.2) is 48.5 Å². The lowest BCUT2D eigenvalue weighted by Gasteiger charge is -2.60. The Morgan fingerprint density at radius 3 is 1.86 bits per heavy atom. The molecule has 0 amide bonds. The van der Waals surface area contributed by atoms with Gasteiger partial charge in [0.05, 0.1) is 4.92 Å². The molecule has 2 aliphatic carbocycles. The van der Waals surface area contributed by atoms with Crippen LogP contribution >= 0.6 is 0 Å². The summed E-state index contributed by atoms with van der Waals surface area (Å²) in [5.41, 5.74) is 2.66. The van der Waals surface area contributed by atoms with E-state index in [0.717, 1.165) is 24.1 Å². The molecule has 36 heavy (non-hydrogen) atoms. The van der Waals surface area contributed by atoms with E-state index in [2.05, 4.69) is 63.8 Å². The van der Waals surface area contributed by atoms with Gasteiger partial charge in [0.2, 0.25) is 0 Å². The molecule has 4 unspecified atom stereocenters. The van der Waals surface area contributed by atoms with Crippen molar-refractivity contribution in [3.63, 3.8) is 0 Å². The Morgan fingerprint density at radius 1 is 0.833 bits per heavy atom. The van der Waals surface area contributed by atoms with Crippen LogP contribution in [0, 0.1) is 39.7 Å². The molecule has 0 spiro atoms. The standard InChI is InChI=1S/C30H36N2O4/c1-18-9-11-20(12-10-18)31-22-14-29(2,3)16-24(33)27(22)26(19-7-6-8-21(13-19)32(35)36)28-23(31)15-30(4,5)17-25(28)34/h6-13,22-23,26-28H,14-17H2,1-5H3. The van der Waals surface area contributed by atoms with Gasteiger partial charge < -0.3 is 4.90 Å². The third kappa shape index (κ3) is 4.25. The van der Waals surface area contributed by atoms with Gasteiger partial charge in [0.25, 0.3) is 5.69 Å². The molecule has 0 N–H and O–H groups in total. The van der Waals surface area contributed by atoms with Crippen LogP contribution in [0.5, 0.6) is 0 Å². The maximum absolute atomic E-state index is 13.9. The lowest BCUT2D eigenvalue weighted by Crippen LogP contribution is -2.66. The number of anilines is 1. The molecule has 0 bridgehead atoms. The summed E-state index contributed by atoms with van der Waals surface area (Å²) in [7, 11) is 0. The number of non-ortho nitro benzene ring substituents is 1. The normalized spacial score (nSPS) is 30.9. The number of nitrogens with zero attached hydrogens (tertiary/aromatic N) is 2. The van der Waals surface area contributed by atoms with Gasteiger partial charge in [0.1, 0.15) is 11.6 Å². The van der Waals surface area contributed by atoms with Crippen molar-refractivity contribution >= 4 is 22.9 Å². The van der Waals surface area contributed by atoms with E-state index in [-0.39, 0.29) is 57.9 Å². The number of piperidine rings is 1. The van der Waals surface area contributed by atoms with Crippen molar-refractivity contribution in [2.75, 3.05) is 4.90 Å². The highest BCUT2D eigenvalue weighted by atomic mass is 16.6. The van der Waals surface area contributed by atoms with Crippen LogP contribution in [0.1, 0.15) is 70.4 Å². The second-order valence-corrected chi connectivity index (χ2v) is 12.8. The number of nitro groups is 1. The Labute approximate surface area is 213 Å². The molecule has 3 aliphatic rings. The minimum Gasteiger partial charge on any atom is -0.364 e. The first-order valence-corrected chi connectivity index (χ1v) is 13.0. The van der Waals surface area contributed by atoms with Crippen LogP contribution in [-0.2, 0) is 9.59 Å². The summed E-state index contributed by atoms with van der Waals surface area (Å²) in [4.78, 5) is 41.5. The maximum atomic E-state index is 13.9. The molecule has 2 aromatic carbocycles. The number of carbonyl (C=O) groups excluding carboxylic acids is 2. The number of benzene rings is 2. The molecule has 6 heteroatoms. The highest BCUT2D eigenvalue weighted by Crippen LogP contribution is 2.57. The number of rotatable bonds is 3. The Morgan fingerprint density at radius 2 is 1.36 bits per heavy atom. The summed E-state index contributed by atoms with van der Waals surface area (Å²) >= 11 is 0. The second-order valence-electron chi connectivity index (χ2n) is 12.8. The van der Waals surface area contributed by atoms with Crippen LogP contribution in [0.3, 0.4) is 0 Å².